The Morgan fingerprint density at radius 3 is 2.90 bits per heavy atom. The van der Waals surface area contributed by atoms with Crippen molar-refractivity contribution in [3.05, 3.63) is 47.0 Å². The van der Waals surface area contributed by atoms with Crippen LogP contribution in [0, 0.1) is 25.7 Å². The summed E-state index contributed by atoms with van der Waals surface area (Å²) in [5, 5.41) is 0. The first-order chi connectivity index (χ1) is 14.0. The van der Waals surface area contributed by atoms with Gasteiger partial charge in [-0.15, -0.1) is 0 Å². The van der Waals surface area contributed by atoms with E-state index in [4.69, 9.17) is 9.47 Å². The van der Waals surface area contributed by atoms with Crippen LogP contribution in [0.25, 0.3) is 0 Å². The summed E-state index contributed by atoms with van der Waals surface area (Å²) in [6.07, 6.45) is 4.56. The Morgan fingerprint density at radius 2 is 2.07 bits per heavy atom. The van der Waals surface area contributed by atoms with Crippen molar-refractivity contribution >= 4 is 11.8 Å². The van der Waals surface area contributed by atoms with Crippen LogP contribution in [0.5, 0.6) is 0 Å². The molecule has 5 rings (SSSR count). The van der Waals surface area contributed by atoms with Gasteiger partial charge in [0.1, 0.15) is 5.60 Å². The van der Waals surface area contributed by atoms with Gasteiger partial charge < -0.3 is 19.3 Å². The highest BCUT2D eigenvalue weighted by Gasteiger charge is 2.67. The second-order valence-corrected chi connectivity index (χ2v) is 8.80. The van der Waals surface area contributed by atoms with Crippen LogP contribution in [0.2, 0.25) is 0 Å². The second-order valence-electron chi connectivity index (χ2n) is 8.80. The van der Waals surface area contributed by atoms with E-state index in [1.807, 2.05) is 22.0 Å². The van der Waals surface area contributed by atoms with Gasteiger partial charge in [0, 0.05) is 26.2 Å². The molecule has 4 aliphatic rings. The number of rotatable bonds is 3. The third-order valence-corrected chi connectivity index (χ3v) is 6.94. The zero-order valence-corrected chi connectivity index (χ0v) is 17.1. The van der Waals surface area contributed by atoms with Crippen LogP contribution in [-0.2, 0) is 25.6 Å². The number of hydrogen-bond acceptors (Lipinski definition) is 4. The minimum absolute atomic E-state index is 0.0399. The van der Waals surface area contributed by atoms with E-state index in [-0.39, 0.29) is 17.9 Å². The van der Waals surface area contributed by atoms with E-state index in [2.05, 4.69) is 32.0 Å². The molecule has 154 valence electrons. The fourth-order valence-corrected chi connectivity index (χ4v) is 5.29. The maximum Gasteiger partial charge on any atom is 0.230 e. The number of likely N-dealkylation sites (tertiary alicyclic amines) is 1. The minimum atomic E-state index is -0.649. The summed E-state index contributed by atoms with van der Waals surface area (Å²) >= 11 is 0. The first-order valence-electron chi connectivity index (χ1n) is 10.6. The number of carbonyl (C=O) groups excluding carboxylic acids is 2. The van der Waals surface area contributed by atoms with Gasteiger partial charge in [-0.05, 0) is 37.0 Å². The lowest BCUT2D eigenvalue weighted by atomic mass is 9.76. The Bertz CT molecular complexity index is 874. The highest BCUT2D eigenvalue weighted by Crippen LogP contribution is 2.52. The van der Waals surface area contributed by atoms with Gasteiger partial charge in [0.05, 0.1) is 31.1 Å². The van der Waals surface area contributed by atoms with E-state index >= 15 is 0 Å². The normalized spacial score (nSPS) is 33.3. The Labute approximate surface area is 171 Å². The predicted octanol–water partition coefficient (Wildman–Crippen LogP) is 1.83. The van der Waals surface area contributed by atoms with Crippen molar-refractivity contribution in [2.75, 3.05) is 32.8 Å². The van der Waals surface area contributed by atoms with Gasteiger partial charge in [0.2, 0.25) is 11.8 Å². The van der Waals surface area contributed by atoms with Gasteiger partial charge in [0.25, 0.3) is 0 Å². The molecule has 0 radical (unpaired) electrons. The molecule has 0 aliphatic carbocycles. The summed E-state index contributed by atoms with van der Waals surface area (Å²) < 4.78 is 11.8. The molecule has 6 nitrogen and oxygen atoms in total. The predicted molar refractivity (Wildman–Crippen MR) is 107 cm³/mol. The molecule has 1 aromatic rings. The summed E-state index contributed by atoms with van der Waals surface area (Å²) in [4.78, 5) is 30.5. The van der Waals surface area contributed by atoms with Gasteiger partial charge in [-0.25, -0.2) is 0 Å². The van der Waals surface area contributed by atoms with Crippen molar-refractivity contribution in [1.29, 1.82) is 0 Å². The zero-order chi connectivity index (χ0) is 20.2. The van der Waals surface area contributed by atoms with E-state index < -0.39 is 17.4 Å². The fraction of sp³-hybridized carbons (Fsp3) is 0.565. The van der Waals surface area contributed by atoms with E-state index in [0.717, 1.165) is 12.0 Å². The highest BCUT2D eigenvalue weighted by molar-refractivity contribution is 5.93. The number of hydrogen-bond donors (Lipinski definition) is 0. The average Bonchev–Trinajstić information content (AvgIpc) is 3.23. The molecule has 3 fully saturated rings. The number of aryl methyl sites for hydroxylation is 2. The molecule has 0 unspecified atom stereocenters. The van der Waals surface area contributed by atoms with Crippen molar-refractivity contribution in [1.82, 2.24) is 9.80 Å². The summed E-state index contributed by atoms with van der Waals surface area (Å²) in [5.41, 5.74) is 2.93. The smallest absolute Gasteiger partial charge is 0.230 e. The first-order valence-corrected chi connectivity index (χ1v) is 10.6. The Hall–Kier alpha value is -2.18. The maximum absolute atomic E-state index is 13.4. The van der Waals surface area contributed by atoms with Crippen LogP contribution in [0.1, 0.15) is 23.1 Å². The average molecular weight is 396 g/mol. The molecule has 2 amide bonds. The number of nitrogens with zero attached hydrogens (tertiary/aromatic N) is 2. The summed E-state index contributed by atoms with van der Waals surface area (Å²) in [5.74, 6) is -0.756. The van der Waals surface area contributed by atoms with Gasteiger partial charge in [-0.1, -0.05) is 30.4 Å². The van der Waals surface area contributed by atoms with E-state index in [0.29, 0.717) is 39.4 Å². The Kier molecular flexibility index (Phi) is 4.51. The van der Waals surface area contributed by atoms with Crippen LogP contribution in [-0.4, -0.2) is 66.2 Å². The van der Waals surface area contributed by atoms with Crippen molar-refractivity contribution in [3.8, 4) is 0 Å². The molecule has 4 atom stereocenters. The summed E-state index contributed by atoms with van der Waals surface area (Å²) in [6, 6.07) is 6.32. The van der Waals surface area contributed by atoms with Gasteiger partial charge in [-0.3, -0.25) is 9.59 Å². The quantitative estimate of drug-likeness (QED) is 0.732. The number of carbonyl (C=O) groups is 2. The van der Waals surface area contributed by atoms with Crippen molar-refractivity contribution < 1.29 is 19.1 Å². The molecular weight excluding hydrogens is 368 g/mol. The zero-order valence-electron chi connectivity index (χ0n) is 17.1. The fourth-order valence-electron chi connectivity index (χ4n) is 5.29. The van der Waals surface area contributed by atoms with Crippen LogP contribution in [0.15, 0.2) is 30.4 Å². The van der Waals surface area contributed by atoms with Gasteiger partial charge in [-0.2, -0.15) is 0 Å². The molecule has 6 heteroatoms. The highest BCUT2D eigenvalue weighted by atomic mass is 16.5. The molecule has 2 bridgehead atoms. The molecule has 1 spiro atoms. The SMILES string of the molecule is Cc1ccc(CN2C[C@]34C=C[C@H](O3)[C@@H](C(=O)N3CCCOCC3)[C@H]4C2=O)cc1C. The van der Waals surface area contributed by atoms with Crippen molar-refractivity contribution in [2.24, 2.45) is 11.8 Å². The van der Waals surface area contributed by atoms with Gasteiger partial charge in [0.15, 0.2) is 0 Å². The minimum Gasteiger partial charge on any atom is -0.380 e. The molecule has 0 aromatic heterocycles. The molecule has 0 saturated carbocycles. The van der Waals surface area contributed by atoms with Gasteiger partial charge >= 0.3 is 0 Å². The molecule has 29 heavy (non-hydrogen) atoms. The third kappa shape index (κ3) is 3.01. The number of amides is 2. The molecular formula is C23H28N2O4. The number of fused-ring (bicyclic) bond motifs is 1. The van der Waals surface area contributed by atoms with Crippen LogP contribution in [0.3, 0.4) is 0 Å². The lowest BCUT2D eigenvalue weighted by Crippen LogP contribution is -2.46. The summed E-state index contributed by atoms with van der Waals surface area (Å²) in [6.45, 7) is 7.77. The summed E-state index contributed by atoms with van der Waals surface area (Å²) in [7, 11) is 0. The molecule has 0 N–H and O–H groups in total. The molecule has 4 heterocycles. The lowest BCUT2D eigenvalue weighted by Gasteiger charge is -2.29. The number of benzene rings is 1. The van der Waals surface area contributed by atoms with Crippen molar-refractivity contribution in [2.45, 2.75) is 38.5 Å². The first kappa shape index (κ1) is 18.8. The Balaban J connectivity index is 1.38. The van der Waals surface area contributed by atoms with Crippen LogP contribution < -0.4 is 0 Å². The Morgan fingerprint density at radius 1 is 1.21 bits per heavy atom. The van der Waals surface area contributed by atoms with E-state index in [1.165, 1.54) is 11.1 Å². The second kappa shape index (κ2) is 6.96. The number of ether oxygens (including phenoxy) is 2. The molecule has 3 saturated heterocycles. The molecule has 4 aliphatic heterocycles. The maximum atomic E-state index is 13.4. The largest absolute Gasteiger partial charge is 0.380 e. The van der Waals surface area contributed by atoms with Crippen molar-refractivity contribution in [3.63, 3.8) is 0 Å². The molecule has 1 aromatic carbocycles. The van der Waals surface area contributed by atoms with Crippen LogP contribution in [0.4, 0.5) is 0 Å². The van der Waals surface area contributed by atoms with E-state index in [9.17, 15) is 9.59 Å². The third-order valence-electron chi connectivity index (χ3n) is 6.94. The monoisotopic (exact) mass is 396 g/mol. The standard InChI is InChI=1S/C23H28N2O4/c1-15-4-5-17(12-16(15)2)13-25-14-23-7-6-18(29-23)19(20(23)22(25)27)21(26)24-8-3-10-28-11-9-24/h4-7,12,18-20H,3,8-11,13-14H2,1-2H3/t18-,19+,20-,23-/m0/s1. The van der Waals surface area contributed by atoms with E-state index in [1.54, 1.807) is 0 Å². The van der Waals surface area contributed by atoms with Crippen LogP contribution >= 0.6 is 0 Å². The lowest BCUT2D eigenvalue weighted by molar-refractivity contribution is -0.143. The topological polar surface area (TPSA) is 59.1 Å².